The highest BCUT2D eigenvalue weighted by Crippen LogP contribution is 2.12. The molecule has 0 aliphatic heterocycles. The summed E-state index contributed by atoms with van der Waals surface area (Å²) in [6.07, 6.45) is 1.76. The smallest absolute Gasteiger partial charge is 0.138 e. The average molecular weight is 256 g/mol. The average Bonchev–Trinajstić information content (AvgIpc) is 2.46. The third-order valence-electron chi connectivity index (χ3n) is 2.89. The van der Waals surface area contributed by atoms with Gasteiger partial charge in [-0.15, -0.1) is 0 Å². The van der Waals surface area contributed by atoms with Crippen LogP contribution in [0, 0.1) is 6.92 Å². The quantitative estimate of drug-likeness (QED) is 0.862. The van der Waals surface area contributed by atoms with Gasteiger partial charge in [0, 0.05) is 12.2 Å². The van der Waals surface area contributed by atoms with E-state index in [4.69, 9.17) is 4.74 Å². The number of nitrogens with one attached hydrogen (secondary N) is 1. The van der Waals surface area contributed by atoms with E-state index in [0.717, 1.165) is 24.5 Å². The minimum atomic E-state index is 0.576. The summed E-state index contributed by atoms with van der Waals surface area (Å²) in [6, 6.07) is 12.4. The third kappa shape index (κ3) is 4.38. The van der Waals surface area contributed by atoms with Crippen LogP contribution in [0.2, 0.25) is 0 Å². The van der Waals surface area contributed by atoms with Crippen LogP contribution in [0.3, 0.4) is 0 Å². The maximum Gasteiger partial charge on any atom is 0.138 e. The molecule has 3 heteroatoms. The molecule has 3 nitrogen and oxygen atoms in total. The van der Waals surface area contributed by atoms with Gasteiger partial charge in [-0.1, -0.05) is 31.2 Å². The molecule has 0 aliphatic rings. The Labute approximate surface area is 114 Å². The zero-order valence-electron chi connectivity index (χ0n) is 11.5. The lowest BCUT2D eigenvalue weighted by Crippen LogP contribution is -2.11. The Hall–Kier alpha value is -1.87. The number of benzene rings is 1. The number of ether oxygens (including phenoxy) is 1. The maximum absolute atomic E-state index is 5.69. The lowest BCUT2D eigenvalue weighted by molar-refractivity contribution is 0.305. The van der Waals surface area contributed by atoms with Gasteiger partial charge in [-0.3, -0.25) is 4.98 Å². The SMILES string of the molecule is CCNCc1ccc(COc2ccc(C)nc2)cc1. The van der Waals surface area contributed by atoms with Crippen molar-refractivity contribution in [1.82, 2.24) is 10.3 Å². The molecule has 1 aromatic heterocycles. The molecule has 0 unspecified atom stereocenters. The number of hydrogen-bond donors (Lipinski definition) is 1. The molecule has 19 heavy (non-hydrogen) atoms. The number of aromatic nitrogens is 1. The van der Waals surface area contributed by atoms with Crippen LogP contribution in [0.15, 0.2) is 42.6 Å². The lowest BCUT2D eigenvalue weighted by atomic mass is 10.1. The molecule has 1 N–H and O–H groups in total. The predicted molar refractivity (Wildman–Crippen MR) is 77.1 cm³/mol. The van der Waals surface area contributed by atoms with Crippen molar-refractivity contribution >= 4 is 0 Å². The molecule has 0 fully saturated rings. The zero-order valence-corrected chi connectivity index (χ0v) is 11.5. The van der Waals surface area contributed by atoms with E-state index in [-0.39, 0.29) is 0 Å². The van der Waals surface area contributed by atoms with Gasteiger partial charge in [-0.2, -0.15) is 0 Å². The largest absolute Gasteiger partial charge is 0.487 e. The first-order valence-corrected chi connectivity index (χ1v) is 6.62. The fourth-order valence-corrected chi connectivity index (χ4v) is 1.73. The molecule has 0 aliphatic carbocycles. The van der Waals surface area contributed by atoms with Gasteiger partial charge in [0.1, 0.15) is 12.4 Å². The van der Waals surface area contributed by atoms with Crippen LogP contribution in [0.25, 0.3) is 0 Å². The number of rotatable bonds is 6. The summed E-state index contributed by atoms with van der Waals surface area (Å²) in [5.74, 6) is 0.808. The molecule has 1 aromatic carbocycles. The van der Waals surface area contributed by atoms with Gasteiger partial charge in [-0.05, 0) is 36.7 Å². The van der Waals surface area contributed by atoms with Crippen molar-refractivity contribution in [2.24, 2.45) is 0 Å². The normalized spacial score (nSPS) is 10.4. The molecule has 2 aromatic rings. The molecule has 0 spiro atoms. The number of pyridine rings is 1. The Morgan fingerprint density at radius 2 is 1.79 bits per heavy atom. The van der Waals surface area contributed by atoms with Crippen LogP contribution in [0.1, 0.15) is 23.7 Å². The van der Waals surface area contributed by atoms with Gasteiger partial charge in [0.05, 0.1) is 6.20 Å². The highest BCUT2D eigenvalue weighted by atomic mass is 16.5. The Balaban J connectivity index is 1.87. The molecule has 0 atom stereocenters. The predicted octanol–water partition coefficient (Wildman–Crippen LogP) is 3.08. The summed E-state index contributed by atoms with van der Waals surface area (Å²) in [4.78, 5) is 4.21. The molecular weight excluding hydrogens is 236 g/mol. The fourth-order valence-electron chi connectivity index (χ4n) is 1.73. The second-order valence-electron chi connectivity index (χ2n) is 4.52. The van der Waals surface area contributed by atoms with Crippen molar-refractivity contribution in [2.45, 2.75) is 27.0 Å². The van der Waals surface area contributed by atoms with Crippen LogP contribution in [0.4, 0.5) is 0 Å². The monoisotopic (exact) mass is 256 g/mol. The summed E-state index contributed by atoms with van der Waals surface area (Å²) in [5.41, 5.74) is 3.46. The first-order valence-electron chi connectivity index (χ1n) is 6.62. The van der Waals surface area contributed by atoms with E-state index in [2.05, 4.69) is 41.5 Å². The van der Waals surface area contributed by atoms with Crippen molar-refractivity contribution in [1.29, 1.82) is 0 Å². The summed E-state index contributed by atoms with van der Waals surface area (Å²) in [6.45, 7) is 6.56. The molecule has 2 rings (SSSR count). The Bertz CT molecular complexity index is 491. The van der Waals surface area contributed by atoms with Crippen molar-refractivity contribution < 1.29 is 4.74 Å². The van der Waals surface area contributed by atoms with Crippen molar-refractivity contribution in [3.05, 3.63) is 59.4 Å². The second kappa shape index (κ2) is 6.90. The van der Waals surface area contributed by atoms with E-state index in [1.54, 1.807) is 6.20 Å². The van der Waals surface area contributed by atoms with Crippen molar-refractivity contribution in [3.8, 4) is 5.75 Å². The highest BCUT2D eigenvalue weighted by molar-refractivity contribution is 5.24. The number of nitrogens with zero attached hydrogens (tertiary/aromatic N) is 1. The van der Waals surface area contributed by atoms with Crippen molar-refractivity contribution in [3.63, 3.8) is 0 Å². The minimum absolute atomic E-state index is 0.576. The van der Waals surface area contributed by atoms with Crippen LogP contribution >= 0.6 is 0 Å². The third-order valence-corrected chi connectivity index (χ3v) is 2.89. The fraction of sp³-hybridized carbons (Fsp3) is 0.312. The molecule has 0 saturated carbocycles. The van der Waals surface area contributed by atoms with Gasteiger partial charge in [0.25, 0.3) is 0 Å². The topological polar surface area (TPSA) is 34.1 Å². The summed E-state index contributed by atoms with van der Waals surface area (Å²) in [7, 11) is 0. The van der Waals surface area contributed by atoms with Crippen LogP contribution in [-0.4, -0.2) is 11.5 Å². The van der Waals surface area contributed by atoms with Gasteiger partial charge >= 0.3 is 0 Å². The molecule has 0 bridgehead atoms. The first kappa shape index (κ1) is 13.6. The van der Waals surface area contributed by atoms with E-state index in [0.29, 0.717) is 6.61 Å². The van der Waals surface area contributed by atoms with Gasteiger partial charge < -0.3 is 10.1 Å². The Morgan fingerprint density at radius 3 is 2.42 bits per heavy atom. The molecule has 0 amide bonds. The Kier molecular flexibility index (Phi) is 4.93. The highest BCUT2D eigenvalue weighted by Gasteiger charge is 1.97. The van der Waals surface area contributed by atoms with Crippen LogP contribution < -0.4 is 10.1 Å². The molecule has 0 radical (unpaired) electrons. The molecular formula is C16H20N2O. The minimum Gasteiger partial charge on any atom is -0.487 e. The van der Waals surface area contributed by atoms with Gasteiger partial charge in [-0.25, -0.2) is 0 Å². The summed E-state index contributed by atoms with van der Waals surface area (Å²) >= 11 is 0. The van der Waals surface area contributed by atoms with E-state index >= 15 is 0 Å². The summed E-state index contributed by atoms with van der Waals surface area (Å²) < 4.78 is 5.69. The van der Waals surface area contributed by atoms with E-state index in [1.807, 2.05) is 19.1 Å². The first-order chi connectivity index (χ1) is 9.28. The maximum atomic E-state index is 5.69. The van der Waals surface area contributed by atoms with Gasteiger partial charge in [0.2, 0.25) is 0 Å². The lowest BCUT2D eigenvalue weighted by Gasteiger charge is -2.07. The van der Waals surface area contributed by atoms with Gasteiger partial charge in [0.15, 0.2) is 0 Å². The second-order valence-corrected chi connectivity index (χ2v) is 4.52. The van der Waals surface area contributed by atoms with Crippen LogP contribution in [0.5, 0.6) is 5.75 Å². The standard InChI is InChI=1S/C16H20N2O/c1-3-17-10-14-5-7-15(8-6-14)12-19-16-9-4-13(2)18-11-16/h4-9,11,17H,3,10,12H2,1-2H3. The van der Waals surface area contributed by atoms with Crippen LogP contribution in [-0.2, 0) is 13.2 Å². The zero-order chi connectivity index (χ0) is 13.5. The molecule has 0 saturated heterocycles. The van der Waals surface area contributed by atoms with Crippen molar-refractivity contribution in [2.75, 3.05) is 6.54 Å². The van der Waals surface area contributed by atoms with E-state index < -0.39 is 0 Å². The van der Waals surface area contributed by atoms with E-state index in [9.17, 15) is 0 Å². The molecule has 1 heterocycles. The number of aryl methyl sites for hydroxylation is 1. The van der Waals surface area contributed by atoms with E-state index in [1.165, 1.54) is 11.1 Å². The summed E-state index contributed by atoms with van der Waals surface area (Å²) in [5, 5.41) is 3.31. The Morgan fingerprint density at radius 1 is 1.05 bits per heavy atom. The molecule has 100 valence electrons. The number of hydrogen-bond acceptors (Lipinski definition) is 3.